The zero-order valence-corrected chi connectivity index (χ0v) is 16.8. The standard InChI is InChI=1S/C16H15F3N4O4S2/c1-3-29(25,26)12-4-10(27-9-28(2)24)6-20-15(12)11-7-23-8-21-13(16(17,18)19)5-14(23)22-11/h4-8H,3,9H2,1-2H3. The summed E-state index contributed by atoms with van der Waals surface area (Å²) in [6.45, 7) is 1.44. The summed E-state index contributed by atoms with van der Waals surface area (Å²) in [5, 5.41) is 0. The maximum atomic E-state index is 12.9. The zero-order valence-electron chi connectivity index (χ0n) is 15.2. The minimum Gasteiger partial charge on any atom is -0.614 e. The van der Waals surface area contributed by atoms with Crippen molar-refractivity contribution in [1.29, 1.82) is 0 Å². The average molecular weight is 448 g/mol. The van der Waals surface area contributed by atoms with Crippen LogP contribution in [0.15, 0.2) is 35.7 Å². The number of halogens is 3. The monoisotopic (exact) mass is 448 g/mol. The van der Waals surface area contributed by atoms with Gasteiger partial charge in [0.15, 0.2) is 9.84 Å². The van der Waals surface area contributed by atoms with Crippen LogP contribution in [0.1, 0.15) is 12.6 Å². The van der Waals surface area contributed by atoms with Gasteiger partial charge in [-0.3, -0.25) is 4.40 Å². The Hall–Kier alpha value is -2.38. The molecule has 0 aliphatic heterocycles. The summed E-state index contributed by atoms with van der Waals surface area (Å²) in [4.78, 5) is 11.3. The molecule has 0 N–H and O–H groups in total. The molecule has 0 fully saturated rings. The van der Waals surface area contributed by atoms with Crippen molar-refractivity contribution in [3.63, 3.8) is 0 Å². The number of nitrogens with zero attached hydrogens (tertiary/aromatic N) is 4. The fourth-order valence-corrected chi connectivity index (χ4v) is 3.76. The highest BCUT2D eigenvalue weighted by Gasteiger charge is 2.33. The third-order valence-electron chi connectivity index (χ3n) is 3.82. The molecule has 29 heavy (non-hydrogen) atoms. The first-order valence-electron chi connectivity index (χ1n) is 8.09. The summed E-state index contributed by atoms with van der Waals surface area (Å²) in [6, 6.07) is 1.99. The number of rotatable bonds is 6. The maximum absolute atomic E-state index is 12.9. The van der Waals surface area contributed by atoms with E-state index in [-0.39, 0.29) is 39.4 Å². The van der Waals surface area contributed by atoms with Crippen LogP contribution in [0, 0.1) is 0 Å². The summed E-state index contributed by atoms with van der Waals surface area (Å²) < 4.78 is 81.3. The number of imidazole rings is 1. The quantitative estimate of drug-likeness (QED) is 0.532. The normalized spacial score (nSPS) is 13.6. The topological polar surface area (TPSA) is 110 Å². The van der Waals surface area contributed by atoms with Crippen molar-refractivity contribution in [3.05, 3.63) is 36.5 Å². The van der Waals surface area contributed by atoms with E-state index in [1.54, 1.807) is 0 Å². The summed E-state index contributed by atoms with van der Waals surface area (Å²) in [5.41, 5.74) is -1.16. The molecule has 0 radical (unpaired) electrons. The van der Waals surface area contributed by atoms with Crippen LogP contribution in [-0.2, 0) is 27.2 Å². The van der Waals surface area contributed by atoms with Gasteiger partial charge < -0.3 is 9.29 Å². The Morgan fingerprint density at radius 2 is 2.00 bits per heavy atom. The van der Waals surface area contributed by atoms with Gasteiger partial charge in [0.2, 0.25) is 5.94 Å². The Kier molecular flexibility index (Phi) is 5.74. The average Bonchev–Trinajstić information content (AvgIpc) is 3.08. The fourth-order valence-electron chi connectivity index (χ4n) is 2.40. The molecule has 0 aliphatic carbocycles. The van der Waals surface area contributed by atoms with Gasteiger partial charge in [0, 0.05) is 18.3 Å². The number of sulfone groups is 1. The molecule has 13 heteroatoms. The van der Waals surface area contributed by atoms with Gasteiger partial charge in [-0.05, 0) is 11.2 Å². The first kappa shape index (κ1) is 21.3. The van der Waals surface area contributed by atoms with Crippen LogP contribution in [0.2, 0.25) is 0 Å². The second-order valence-corrected chi connectivity index (χ2v) is 9.55. The zero-order chi connectivity index (χ0) is 21.4. The van der Waals surface area contributed by atoms with E-state index in [4.69, 9.17) is 4.74 Å². The first-order valence-corrected chi connectivity index (χ1v) is 11.5. The Labute approximate surface area is 166 Å². The summed E-state index contributed by atoms with van der Waals surface area (Å²) >= 11 is -1.27. The highest BCUT2D eigenvalue weighted by atomic mass is 32.2. The Balaban J connectivity index is 2.11. The molecule has 3 aromatic heterocycles. The van der Waals surface area contributed by atoms with Crippen molar-refractivity contribution in [2.24, 2.45) is 0 Å². The van der Waals surface area contributed by atoms with Gasteiger partial charge in [0.1, 0.15) is 34.8 Å². The lowest BCUT2D eigenvalue weighted by Gasteiger charge is -2.11. The molecule has 3 rings (SSSR count). The van der Waals surface area contributed by atoms with Crippen molar-refractivity contribution >= 4 is 26.7 Å². The molecular weight excluding hydrogens is 433 g/mol. The van der Waals surface area contributed by atoms with E-state index in [9.17, 15) is 26.1 Å². The molecule has 3 aromatic rings. The van der Waals surface area contributed by atoms with Gasteiger partial charge in [0.25, 0.3) is 0 Å². The first-order chi connectivity index (χ1) is 13.5. The molecule has 0 amide bonds. The van der Waals surface area contributed by atoms with Crippen LogP contribution in [0.3, 0.4) is 0 Å². The fraction of sp³-hybridized carbons (Fsp3) is 0.312. The van der Waals surface area contributed by atoms with Gasteiger partial charge in [-0.2, -0.15) is 13.2 Å². The number of hydrogen-bond donors (Lipinski definition) is 0. The highest BCUT2D eigenvalue weighted by molar-refractivity contribution is 7.91. The number of ether oxygens (including phenoxy) is 1. The van der Waals surface area contributed by atoms with Gasteiger partial charge in [-0.25, -0.2) is 23.4 Å². The molecule has 1 atom stereocenters. The Morgan fingerprint density at radius 1 is 1.28 bits per heavy atom. The summed E-state index contributed by atoms with van der Waals surface area (Å²) in [7, 11) is -3.77. The Bertz CT molecular complexity index is 1150. The smallest absolute Gasteiger partial charge is 0.433 e. The van der Waals surface area contributed by atoms with Gasteiger partial charge >= 0.3 is 6.18 Å². The number of alkyl halides is 3. The van der Waals surface area contributed by atoms with Crippen molar-refractivity contribution < 1.29 is 30.9 Å². The molecule has 0 aromatic carbocycles. The second-order valence-electron chi connectivity index (χ2n) is 5.92. The number of pyridine rings is 1. The summed E-state index contributed by atoms with van der Waals surface area (Å²) in [5.74, 6) is -0.286. The Morgan fingerprint density at radius 3 is 2.62 bits per heavy atom. The molecule has 156 valence electrons. The van der Waals surface area contributed by atoms with Crippen molar-refractivity contribution in [2.75, 3.05) is 17.9 Å². The molecule has 1 unspecified atom stereocenters. The number of hydrogen-bond acceptors (Lipinski definition) is 7. The van der Waals surface area contributed by atoms with E-state index in [1.807, 2.05) is 0 Å². The van der Waals surface area contributed by atoms with Crippen molar-refractivity contribution in [3.8, 4) is 17.1 Å². The third kappa shape index (κ3) is 4.62. The largest absolute Gasteiger partial charge is 0.614 e. The predicted octanol–water partition coefficient (Wildman–Crippen LogP) is 2.32. The van der Waals surface area contributed by atoms with Crippen LogP contribution < -0.4 is 4.74 Å². The van der Waals surface area contributed by atoms with Crippen LogP contribution in [0.25, 0.3) is 17.0 Å². The van der Waals surface area contributed by atoms with Gasteiger partial charge in [0.05, 0.1) is 23.1 Å². The van der Waals surface area contributed by atoms with E-state index in [1.165, 1.54) is 36.0 Å². The lowest BCUT2D eigenvalue weighted by molar-refractivity contribution is -0.141. The van der Waals surface area contributed by atoms with E-state index < -0.39 is 32.9 Å². The van der Waals surface area contributed by atoms with E-state index in [2.05, 4.69) is 15.0 Å². The molecule has 0 aliphatic rings. The van der Waals surface area contributed by atoms with E-state index in [0.717, 1.165) is 12.4 Å². The van der Waals surface area contributed by atoms with E-state index in [0.29, 0.717) is 0 Å². The molecular formula is C16H15F3N4O4S2. The van der Waals surface area contributed by atoms with E-state index >= 15 is 0 Å². The molecule has 0 spiro atoms. The van der Waals surface area contributed by atoms with Crippen molar-refractivity contribution in [2.45, 2.75) is 18.0 Å². The van der Waals surface area contributed by atoms with Gasteiger partial charge in [-0.1, -0.05) is 6.92 Å². The van der Waals surface area contributed by atoms with Crippen molar-refractivity contribution in [1.82, 2.24) is 19.4 Å². The molecule has 3 heterocycles. The summed E-state index contributed by atoms with van der Waals surface area (Å²) in [6.07, 6.45) is 0.296. The number of aromatic nitrogens is 4. The minimum absolute atomic E-state index is 0.0333. The second kappa shape index (κ2) is 7.80. The SMILES string of the molecule is CCS(=O)(=O)c1cc(OC[S+](C)[O-])cnc1-c1cn2cnc(C(F)(F)F)cc2n1. The van der Waals surface area contributed by atoms with Gasteiger partial charge in [-0.15, -0.1) is 0 Å². The van der Waals surface area contributed by atoms with Crippen LogP contribution in [0.5, 0.6) is 5.75 Å². The highest BCUT2D eigenvalue weighted by Crippen LogP contribution is 2.31. The lowest BCUT2D eigenvalue weighted by Crippen LogP contribution is -2.11. The maximum Gasteiger partial charge on any atom is 0.433 e. The molecule has 0 saturated carbocycles. The van der Waals surface area contributed by atoms with Crippen LogP contribution in [-0.4, -0.2) is 50.3 Å². The molecule has 0 saturated heterocycles. The van der Waals surface area contributed by atoms with Crippen LogP contribution in [0.4, 0.5) is 13.2 Å². The number of fused-ring (bicyclic) bond motifs is 1. The van der Waals surface area contributed by atoms with Crippen LogP contribution >= 0.6 is 0 Å². The minimum atomic E-state index is -4.64. The molecule has 0 bridgehead atoms. The molecule has 8 nitrogen and oxygen atoms in total. The third-order valence-corrected chi connectivity index (χ3v) is 6.01. The predicted molar refractivity (Wildman–Crippen MR) is 98.5 cm³/mol. The lowest BCUT2D eigenvalue weighted by atomic mass is 10.3.